The molecule has 0 aromatic carbocycles. The van der Waals surface area contributed by atoms with E-state index in [9.17, 15) is 4.79 Å². The van der Waals surface area contributed by atoms with Crippen LogP contribution >= 0.6 is 0 Å². The van der Waals surface area contributed by atoms with Gasteiger partial charge >= 0.3 is 5.97 Å². The van der Waals surface area contributed by atoms with Gasteiger partial charge in [0.15, 0.2) is 0 Å². The van der Waals surface area contributed by atoms with Crippen molar-refractivity contribution in [3.8, 4) is 0 Å². The van der Waals surface area contributed by atoms with Crippen molar-refractivity contribution in [2.75, 3.05) is 13.2 Å². The molecule has 5 nitrogen and oxygen atoms in total. The first-order valence-electron chi connectivity index (χ1n) is 5.98. The van der Waals surface area contributed by atoms with E-state index in [1.165, 1.54) is 6.33 Å². The van der Waals surface area contributed by atoms with Gasteiger partial charge in [-0.2, -0.15) is 0 Å². The summed E-state index contributed by atoms with van der Waals surface area (Å²) < 4.78 is 5.11. The van der Waals surface area contributed by atoms with Crippen LogP contribution in [0.4, 0.5) is 0 Å². The Bertz CT molecular complexity index is 369. The Morgan fingerprint density at radius 3 is 3.00 bits per heavy atom. The third-order valence-corrected chi connectivity index (χ3v) is 2.99. The summed E-state index contributed by atoms with van der Waals surface area (Å²) in [4.78, 5) is 19.9. The molecule has 2 heterocycles. The van der Waals surface area contributed by atoms with Crippen LogP contribution in [0.1, 0.15) is 31.4 Å². The molecule has 92 valence electrons. The van der Waals surface area contributed by atoms with Gasteiger partial charge in [-0.15, -0.1) is 0 Å². The number of nitrogens with one attached hydrogen (secondary N) is 1. The zero-order chi connectivity index (χ0) is 12.1. The summed E-state index contributed by atoms with van der Waals surface area (Å²) in [6.07, 6.45) is 6.84. The third kappa shape index (κ3) is 2.79. The molecule has 0 bridgehead atoms. The second-order valence-corrected chi connectivity index (χ2v) is 4.10. The minimum absolute atomic E-state index is 0.0241. The van der Waals surface area contributed by atoms with E-state index in [-0.39, 0.29) is 17.9 Å². The van der Waals surface area contributed by atoms with Gasteiger partial charge in [0.25, 0.3) is 0 Å². The Labute approximate surface area is 101 Å². The quantitative estimate of drug-likeness (QED) is 0.794. The van der Waals surface area contributed by atoms with E-state index in [2.05, 4.69) is 15.3 Å². The van der Waals surface area contributed by atoms with Gasteiger partial charge in [0.1, 0.15) is 6.33 Å². The van der Waals surface area contributed by atoms with Crippen molar-refractivity contribution in [1.82, 2.24) is 15.3 Å². The first-order chi connectivity index (χ1) is 8.33. The van der Waals surface area contributed by atoms with E-state index in [0.717, 1.165) is 24.9 Å². The summed E-state index contributed by atoms with van der Waals surface area (Å²) in [7, 11) is 0. The van der Waals surface area contributed by atoms with Crippen molar-refractivity contribution in [2.24, 2.45) is 5.92 Å². The standard InChI is InChI=1S/C12H17N3O2/c1-2-17-12(16)10-4-3-5-15-11(10)9-6-13-8-14-7-9/h6-8,10-11,15H,2-5H2,1H3. The van der Waals surface area contributed by atoms with Crippen molar-refractivity contribution < 1.29 is 9.53 Å². The van der Waals surface area contributed by atoms with Crippen LogP contribution in [-0.2, 0) is 9.53 Å². The monoisotopic (exact) mass is 235 g/mol. The van der Waals surface area contributed by atoms with Gasteiger partial charge in [-0.05, 0) is 26.3 Å². The average molecular weight is 235 g/mol. The Hall–Kier alpha value is -1.49. The maximum Gasteiger partial charge on any atom is 0.310 e. The molecule has 0 aliphatic carbocycles. The molecule has 1 aliphatic rings. The van der Waals surface area contributed by atoms with Gasteiger partial charge in [-0.1, -0.05) is 0 Å². The number of rotatable bonds is 3. The Kier molecular flexibility index (Phi) is 4.03. The first kappa shape index (κ1) is 12.0. The molecule has 17 heavy (non-hydrogen) atoms. The van der Waals surface area contributed by atoms with Gasteiger partial charge in [-0.25, -0.2) is 9.97 Å². The normalized spacial score (nSPS) is 24.3. The van der Waals surface area contributed by atoms with Gasteiger partial charge in [0, 0.05) is 24.0 Å². The van der Waals surface area contributed by atoms with E-state index in [1.54, 1.807) is 12.4 Å². The van der Waals surface area contributed by atoms with Crippen LogP contribution in [0.25, 0.3) is 0 Å². The molecule has 1 aliphatic heterocycles. The largest absolute Gasteiger partial charge is 0.466 e. The maximum atomic E-state index is 11.9. The number of carbonyl (C=O) groups excluding carboxylic acids is 1. The minimum atomic E-state index is -0.131. The smallest absolute Gasteiger partial charge is 0.310 e. The highest BCUT2D eigenvalue weighted by Gasteiger charge is 2.33. The number of aromatic nitrogens is 2. The Morgan fingerprint density at radius 2 is 2.29 bits per heavy atom. The van der Waals surface area contributed by atoms with Gasteiger partial charge < -0.3 is 10.1 Å². The molecule has 1 fully saturated rings. The molecule has 2 atom stereocenters. The number of ether oxygens (including phenoxy) is 1. The fourth-order valence-electron chi connectivity index (χ4n) is 2.21. The highest BCUT2D eigenvalue weighted by atomic mass is 16.5. The molecule has 0 radical (unpaired) electrons. The molecule has 5 heteroatoms. The molecule has 0 spiro atoms. The van der Waals surface area contributed by atoms with Crippen LogP contribution in [0.15, 0.2) is 18.7 Å². The average Bonchev–Trinajstić information content (AvgIpc) is 2.40. The highest BCUT2D eigenvalue weighted by Crippen LogP contribution is 2.29. The van der Waals surface area contributed by atoms with Gasteiger partial charge in [0.2, 0.25) is 0 Å². The molecule has 1 saturated heterocycles. The van der Waals surface area contributed by atoms with Crippen molar-refractivity contribution in [2.45, 2.75) is 25.8 Å². The zero-order valence-electron chi connectivity index (χ0n) is 9.93. The van der Waals surface area contributed by atoms with E-state index >= 15 is 0 Å². The highest BCUT2D eigenvalue weighted by molar-refractivity contribution is 5.73. The summed E-state index contributed by atoms with van der Waals surface area (Å²) >= 11 is 0. The molecule has 0 saturated carbocycles. The lowest BCUT2D eigenvalue weighted by molar-refractivity contribution is -0.150. The molecule has 1 N–H and O–H groups in total. The topological polar surface area (TPSA) is 64.1 Å². The first-order valence-corrected chi connectivity index (χ1v) is 5.98. The number of hydrogen-bond acceptors (Lipinski definition) is 5. The molecule has 1 aromatic rings. The van der Waals surface area contributed by atoms with Crippen LogP contribution in [0.5, 0.6) is 0 Å². The van der Waals surface area contributed by atoms with Crippen LogP contribution in [0.2, 0.25) is 0 Å². The van der Waals surface area contributed by atoms with Crippen molar-refractivity contribution >= 4 is 5.97 Å². The van der Waals surface area contributed by atoms with E-state index in [1.807, 2.05) is 6.92 Å². The third-order valence-electron chi connectivity index (χ3n) is 2.99. The number of carbonyl (C=O) groups is 1. The lowest BCUT2D eigenvalue weighted by Gasteiger charge is -2.30. The zero-order valence-corrected chi connectivity index (χ0v) is 9.93. The van der Waals surface area contributed by atoms with E-state index < -0.39 is 0 Å². The van der Waals surface area contributed by atoms with Crippen molar-refractivity contribution in [1.29, 1.82) is 0 Å². The second kappa shape index (κ2) is 5.72. The van der Waals surface area contributed by atoms with E-state index in [4.69, 9.17) is 4.74 Å². The SMILES string of the molecule is CCOC(=O)C1CCCNC1c1cncnc1. The minimum Gasteiger partial charge on any atom is -0.466 e. The number of nitrogens with zero attached hydrogens (tertiary/aromatic N) is 2. The second-order valence-electron chi connectivity index (χ2n) is 4.10. The van der Waals surface area contributed by atoms with Crippen LogP contribution in [0, 0.1) is 5.92 Å². The number of hydrogen-bond donors (Lipinski definition) is 1. The maximum absolute atomic E-state index is 11.9. The predicted molar refractivity (Wildman–Crippen MR) is 62.1 cm³/mol. The van der Waals surface area contributed by atoms with Crippen molar-refractivity contribution in [3.63, 3.8) is 0 Å². The Balaban J connectivity index is 2.15. The summed E-state index contributed by atoms with van der Waals surface area (Å²) in [5.41, 5.74) is 0.949. The van der Waals surface area contributed by atoms with Crippen LogP contribution in [0.3, 0.4) is 0 Å². The molecule has 0 amide bonds. The number of piperidine rings is 1. The summed E-state index contributed by atoms with van der Waals surface area (Å²) in [6.45, 7) is 3.16. The predicted octanol–water partition coefficient (Wildman–Crippen LogP) is 1.08. The molecular formula is C12H17N3O2. The number of esters is 1. The molecular weight excluding hydrogens is 218 g/mol. The van der Waals surface area contributed by atoms with Gasteiger partial charge in [-0.3, -0.25) is 4.79 Å². The fraction of sp³-hybridized carbons (Fsp3) is 0.583. The van der Waals surface area contributed by atoms with Gasteiger partial charge in [0.05, 0.1) is 12.5 Å². The lowest BCUT2D eigenvalue weighted by Crippen LogP contribution is -2.39. The summed E-state index contributed by atoms with van der Waals surface area (Å²) in [6, 6.07) is -0.0241. The molecule has 2 unspecified atom stereocenters. The van der Waals surface area contributed by atoms with E-state index in [0.29, 0.717) is 6.61 Å². The van der Waals surface area contributed by atoms with Crippen LogP contribution < -0.4 is 5.32 Å². The molecule has 2 rings (SSSR count). The summed E-state index contributed by atoms with van der Waals surface area (Å²) in [5.74, 6) is -0.261. The van der Waals surface area contributed by atoms with Crippen molar-refractivity contribution in [3.05, 3.63) is 24.3 Å². The van der Waals surface area contributed by atoms with Crippen LogP contribution in [-0.4, -0.2) is 29.1 Å². The lowest BCUT2D eigenvalue weighted by atomic mass is 9.87. The summed E-state index contributed by atoms with van der Waals surface area (Å²) in [5, 5.41) is 3.34. The molecule has 1 aromatic heterocycles. The fourth-order valence-corrected chi connectivity index (χ4v) is 2.21. The Morgan fingerprint density at radius 1 is 1.53 bits per heavy atom.